The number of hydrogen-bond donors (Lipinski definition) is 2. The van der Waals surface area contributed by atoms with Gasteiger partial charge >= 0.3 is 0 Å². The Morgan fingerprint density at radius 1 is 1.35 bits per heavy atom. The van der Waals surface area contributed by atoms with Gasteiger partial charge in [0.05, 0.1) is 11.0 Å². The van der Waals surface area contributed by atoms with Gasteiger partial charge in [0.1, 0.15) is 24.6 Å². The number of hydrogen-bond acceptors (Lipinski definition) is 5. The number of nitrogens with two attached hydrogens (primary N) is 1. The highest BCUT2D eigenvalue weighted by Crippen LogP contribution is 2.21. The van der Waals surface area contributed by atoms with Gasteiger partial charge in [0.25, 0.3) is 5.91 Å². The quantitative estimate of drug-likeness (QED) is 0.218. The number of rotatable bonds is 7. The van der Waals surface area contributed by atoms with Gasteiger partial charge in [0, 0.05) is 27.1 Å². The van der Waals surface area contributed by atoms with Gasteiger partial charge in [-0.3, -0.25) is 14.8 Å². The predicted molar refractivity (Wildman–Crippen MR) is 103 cm³/mol. The zero-order valence-electron chi connectivity index (χ0n) is 15.3. The minimum atomic E-state index is -1.17. The van der Waals surface area contributed by atoms with Crippen LogP contribution in [0.1, 0.15) is 10.5 Å². The van der Waals surface area contributed by atoms with Crippen LogP contribution in [-0.4, -0.2) is 39.7 Å². The molecular formula is C17H24N6O2Si. The summed E-state index contributed by atoms with van der Waals surface area (Å²) in [4.78, 5) is 20.8. The summed E-state index contributed by atoms with van der Waals surface area (Å²) in [7, 11) is -1.17. The number of pyridine rings is 1. The van der Waals surface area contributed by atoms with Gasteiger partial charge in [-0.25, -0.2) is 15.8 Å². The maximum atomic E-state index is 12.2. The van der Waals surface area contributed by atoms with Gasteiger partial charge in [-0.1, -0.05) is 19.6 Å². The minimum absolute atomic E-state index is 0.281. The molecule has 0 aliphatic rings. The monoisotopic (exact) mass is 372 g/mol. The Bertz CT molecular complexity index is 898. The van der Waals surface area contributed by atoms with Crippen LogP contribution in [0.15, 0.2) is 36.9 Å². The standard InChI is InChI=1S/C17H24N6O2Si/c1-26(2,3)9-8-25-12-23-14-4-5-16(22-7-6-19-11-22)20-13(14)10-15(23)17(24)21-18/h4-7,10-11H,8-9,12,18H2,1-3H3,(H,21,24). The van der Waals surface area contributed by atoms with Gasteiger partial charge < -0.3 is 9.30 Å². The van der Waals surface area contributed by atoms with Gasteiger partial charge in [0.15, 0.2) is 0 Å². The number of fused-ring (bicyclic) bond motifs is 1. The van der Waals surface area contributed by atoms with Crippen molar-refractivity contribution in [2.45, 2.75) is 32.4 Å². The van der Waals surface area contributed by atoms with Crippen molar-refractivity contribution in [2.24, 2.45) is 5.84 Å². The van der Waals surface area contributed by atoms with E-state index in [2.05, 4.69) is 35.0 Å². The van der Waals surface area contributed by atoms with Crippen molar-refractivity contribution in [1.82, 2.24) is 24.5 Å². The molecule has 3 heterocycles. The van der Waals surface area contributed by atoms with Crippen LogP contribution < -0.4 is 11.3 Å². The van der Waals surface area contributed by atoms with E-state index in [0.717, 1.165) is 17.4 Å². The maximum Gasteiger partial charge on any atom is 0.281 e. The molecule has 0 aromatic carbocycles. The summed E-state index contributed by atoms with van der Waals surface area (Å²) in [5.41, 5.74) is 4.13. The van der Waals surface area contributed by atoms with Crippen LogP contribution in [0.4, 0.5) is 0 Å². The molecule has 0 spiro atoms. The van der Waals surface area contributed by atoms with E-state index in [4.69, 9.17) is 10.6 Å². The largest absolute Gasteiger partial charge is 0.361 e. The topological polar surface area (TPSA) is 100.0 Å². The highest BCUT2D eigenvalue weighted by Gasteiger charge is 2.17. The summed E-state index contributed by atoms with van der Waals surface area (Å²) in [6.07, 6.45) is 5.19. The summed E-state index contributed by atoms with van der Waals surface area (Å²) in [5, 5.41) is 0. The highest BCUT2D eigenvalue weighted by molar-refractivity contribution is 6.76. The van der Waals surface area contributed by atoms with E-state index in [9.17, 15) is 4.79 Å². The highest BCUT2D eigenvalue weighted by atomic mass is 28.3. The van der Waals surface area contributed by atoms with Crippen molar-refractivity contribution < 1.29 is 9.53 Å². The number of nitrogen functional groups attached to an aromatic ring is 1. The molecule has 0 unspecified atom stereocenters. The lowest BCUT2D eigenvalue weighted by Crippen LogP contribution is -2.32. The fraction of sp³-hybridized carbons (Fsp3) is 0.353. The van der Waals surface area contributed by atoms with Crippen molar-refractivity contribution in [3.8, 4) is 5.82 Å². The van der Waals surface area contributed by atoms with Crippen LogP contribution in [0, 0.1) is 0 Å². The van der Waals surface area contributed by atoms with E-state index >= 15 is 0 Å². The van der Waals surface area contributed by atoms with E-state index in [1.807, 2.05) is 22.9 Å². The Kier molecular flexibility index (Phi) is 5.21. The van der Waals surface area contributed by atoms with E-state index in [-0.39, 0.29) is 12.6 Å². The molecule has 0 atom stereocenters. The number of hydrazine groups is 1. The zero-order valence-corrected chi connectivity index (χ0v) is 16.3. The average molecular weight is 373 g/mol. The van der Waals surface area contributed by atoms with Crippen LogP contribution >= 0.6 is 0 Å². The van der Waals surface area contributed by atoms with E-state index < -0.39 is 8.07 Å². The number of aromatic nitrogens is 4. The first-order chi connectivity index (χ1) is 12.4. The number of carbonyl (C=O) groups is 1. The van der Waals surface area contributed by atoms with E-state index in [1.165, 1.54) is 0 Å². The Hall–Kier alpha value is -2.49. The normalized spacial score (nSPS) is 11.8. The van der Waals surface area contributed by atoms with Crippen LogP contribution in [-0.2, 0) is 11.5 Å². The molecule has 0 bridgehead atoms. The molecule has 0 radical (unpaired) electrons. The Labute approximate surface area is 153 Å². The third-order valence-electron chi connectivity index (χ3n) is 4.09. The first-order valence-corrected chi connectivity index (χ1v) is 12.2. The smallest absolute Gasteiger partial charge is 0.281 e. The number of ether oxygens (including phenoxy) is 1. The lowest BCUT2D eigenvalue weighted by atomic mass is 10.3. The fourth-order valence-corrected chi connectivity index (χ4v) is 3.36. The molecule has 138 valence electrons. The van der Waals surface area contributed by atoms with Crippen LogP contribution in [0.2, 0.25) is 25.7 Å². The molecule has 0 fully saturated rings. The molecular weight excluding hydrogens is 348 g/mol. The first kappa shape index (κ1) is 18.3. The Morgan fingerprint density at radius 2 is 2.15 bits per heavy atom. The molecule has 1 amide bonds. The lowest BCUT2D eigenvalue weighted by Gasteiger charge is -2.16. The maximum absolute atomic E-state index is 12.2. The Morgan fingerprint density at radius 3 is 2.81 bits per heavy atom. The number of carbonyl (C=O) groups excluding carboxylic acids is 1. The van der Waals surface area contributed by atoms with Gasteiger partial charge in [0.2, 0.25) is 0 Å². The predicted octanol–water partition coefficient (Wildman–Crippen LogP) is 2.14. The third kappa shape index (κ3) is 4.01. The summed E-state index contributed by atoms with van der Waals surface area (Å²) in [6, 6.07) is 6.59. The number of amides is 1. The molecule has 0 saturated carbocycles. The van der Waals surface area contributed by atoms with Crippen LogP contribution in [0.5, 0.6) is 0 Å². The molecule has 0 saturated heterocycles. The molecule has 0 aliphatic carbocycles. The van der Waals surface area contributed by atoms with Crippen molar-refractivity contribution >= 4 is 25.0 Å². The number of nitrogens with one attached hydrogen (secondary N) is 1. The fourth-order valence-electron chi connectivity index (χ4n) is 2.60. The van der Waals surface area contributed by atoms with E-state index in [0.29, 0.717) is 17.8 Å². The second-order valence-electron chi connectivity index (χ2n) is 7.32. The molecule has 3 aromatic heterocycles. The van der Waals surface area contributed by atoms with Gasteiger partial charge in [-0.05, 0) is 24.2 Å². The summed E-state index contributed by atoms with van der Waals surface area (Å²) in [5.74, 6) is 5.69. The van der Waals surface area contributed by atoms with Crippen molar-refractivity contribution in [1.29, 1.82) is 0 Å². The van der Waals surface area contributed by atoms with E-state index in [1.54, 1.807) is 23.2 Å². The lowest BCUT2D eigenvalue weighted by molar-refractivity contribution is 0.0811. The second-order valence-corrected chi connectivity index (χ2v) is 12.9. The molecule has 3 aromatic rings. The molecule has 26 heavy (non-hydrogen) atoms. The molecule has 9 heteroatoms. The first-order valence-electron chi connectivity index (χ1n) is 8.46. The van der Waals surface area contributed by atoms with Crippen LogP contribution in [0.3, 0.4) is 0 Å². The summed E-state index contributed by atoms with van der Waals surface area (Å²) >= 11 is 0. The molecule has 3 rings (SSSR count). The second kappa shape index (κ2) is 7.40. The summed E-state index contributed by atoms with van der Waals surface area (Å²) in [6.45, 7) is 7.85. The number of imidazole rings is 1. The molecule has 8 nitrogen and oxygen atoms in total. The van der Waals surface area contributed by atoms with Gasteiger partial charge in [-0.2, -0.15) is 0 Å². The third-order valence-corrected chi connectivity index (χ3v) is 5.80. The van der Waals surface area contributed by atoms with Crippen molar-refractivity contribution in [2.75, 3.05) is 6.61 Å². The SMILES string of the molecule is C[Si](C)(C)CCOCn1c(C(=O)NN)cc2nc(-n3ccnc3)ccc21. The zero-order chi connectivity index (χ0) is 18.7. The van der Waals surface area contributed by atoms with Crippen molar-refractivity contribution in [3.05, 3.63) is 42.6 Å². The van der Waals surface area contributed by atoms with Crippen LogP contribution in [0.25, 0.3) is 16.9 Å². The molecule has 3 N–H and O–H groups in total. The van der Waals surface area contributed by atoms with Crippen molar-refractivity contribution in [3.63, 3.8) is 0 Å². The Balaban J connectivity index is 1.90. The minimum Gasteiger partial charge on any atom is -0.361 e. The molecule has 0 aliphatic heterocycles. The number of nitrogens with zero attached hydrogens (tertiary/aromatic N) is 4. The summed E-state index contributed by atoms with van der Waals surface area (Å²) < 4.78 is 9.44. The van der Waals surface area contributed by atoms with Gasteiger partial charge in [-0.15, -0.1) is 0 Å². The average Bonchev–Trinajstić information content (AvgIpc) is 3.24.